The molecule has 2 rings (SSSR count). The zero-order valence-corrected chi connectivity index (χ0v) is 9.81. The number of nitrogens with zero attached hydrogens (tertiary/aromatic N) is 1. The van der Waals surface area contributed by atoms with Gasteiger partial charge in [-0.15, -0.1) is 0 Å². The molecule has 0 saturated heterocycles. The molecule has 0 aliphatic heterocycles. The Labute approximate surface area is 92.5 Å². The van der Waals surface area contributed by atoms with Gasteiger partial charge in [-0.05, 0) is 30.3 Å². The van der Waals surface area contributed by atoms with E-state index in [0.29, 0.717) is 22.3 Å². The van der Waals surface area contributed by atoms with Crippen LogP contribution in [0.25, 0.3) is 0 Å². The van der Waals surface area contributed by atoms with Crippen LogP contribution in [0.1, 0.15) is 36.3 Å². The monoisotopic (exact) mass is 226 g/mol. The second-order valence-electron chi connectivity index (χ2n) is 4.67. The second-order valence-corrected chi connectivity index (χ2v) is 5.44. The molecule has 0 aromatic carbocycles. The number of carbonyl (C=O) groups is 1. The van der Waals surface area contributed by atoms with E-state index in [0.717, 1.165) is 6.42 Å². The van der Waals surface area contributed by atoms with E-state index in [2.05, 4.69) is 23.5 Å². The van der Waals surface area contributed by atoms with Crippen LogP contribution in [0.5, 0.6) is 0 Å². The predicted molar refractivity (Wildman–Crippen MR) is 59.6 cm³/mol. The van der Waals surface area contributed by atoms with Crippen LogP contribution in [0.15, 0.2) is 0 Å². The highest BCUT2D eigenvalue weighted by Crippen LogP contribution is 2.47. The molecule has 0 radical (unpaired) electrons. The minimum absolute atomic E-state index is 0.285. The summed E-state index contributed by atoms with van der Waals surface area (Å²) in [6.07, 6.45) is 1.09. The van der Waals surface area contributed by atoms with Crippen LogP contribution in [-0.2, 0) is 0 Å². The molecule has 0 amide bonds. The molecule has 1 heterocycles. The Morgan fingerprint density at radius 3 is 2.73 bits per heavy atom. The fraction of sp³-hybridized carbons (Fsp3) is 0.600. The van der Waals surface area contributed by atoms with E-state index in [1.54, 1.807) is 6.92 Å². The highest BCUT2D eigenvalue weighted by atomic mass is 32.1. The lowest BCUT2D eigenvalue weighted by Crippen LogP contribution is -2.10. The molecule has 1 atom stereocenters. The molecular formula is C10H14N2O2S. The first-order valence-corrected chi connectivity index (χ1v) is 5.65. The van der Waals surface area contributed by atoms with Gasteiger partial charge in [-0.25, -0.2) is 4.79 Å². The third-order valence-corrected chi connectivity index (χ3v) is 3.77. The van der Waals surface area contributed by atoms with Crippen LogP contribution >= 0.6 is 11.5 Å². The first-order valence-electron chi connectivity index (χ1n) is 4.88. The Hall–Kier alpha value is -1.10. The fourth-order valence-corrected chi connectivity index (χ4v) is 2.43. The quantitative estimate of drug-likeness (QED) is 0.830. The topological polar surface area (TPSA) is 62.2 Å². The van der Waals surface area contributed by atoms with Crippen LogP contribution in [0.4, 0.5) is 5.00 Å². The Bertz CT molecular complexity index is 412. The number of hydrogen-bond acceptors (Lipinski definition) is 4. The van der Waals surface area contributed by atoms with E-state index in [1.165, 1.54) is 11.5 Å². The molecule has 82 valence electrons. The van der Waals surface area contributed by atoms with Crippen molar-refractivity contribution in [1.82, 2.24) is 4.37 Å². The number of hydrogen-bond donors (Lipinski definition) is 2. The molecule has 1 unspecified atom stereocenters. The zero-order valence-electron chi connectivity index (χ0n) is 9.00. The van der Waals surface area contributed by atoms with Crippen molar-refractivity contribution in [2.45, 2.75) is 33.2 Å². The Kier molecular flexibility index (Phi) is 2.22. The molecule has 2 N–H and O–H groups in total. The van der Waals surface area contributed by atoms with Gasteiger partial charge in [0.15, 0.2) is 0 Å². The van der Waals surface area contributed by atoms with Gasteiger partial charge in [-0.2, -0.15) is 4.37 Å². The number of aromatic carboxylic acids is 1. The average Bonchev–Trinajstić information content (AvgIpc) is 2.54. The number of carboxylic acid groups (broad SMARTS) is 1. The van der Waals surface area contributed by atoms with Gasteiger partial charge < -0.3 is 10.4 Å². The lowest BCUT2D eigenvalue weighted by molar-refractivity contribution is 0.0697. The zero-order chi connectivity index (χ0) is 11.2. The van der Waals surface area contributed by atoms with Gasteiger partial charge in [0.1, 0.15) is 10.6 Å². The SMILES string of the molecule is Cc1nsc(NC2CC2(C)C)c1C(=O)O. The summed E-state index contributed by atoms with van der Waals surface area (Å²) in [6.45, 7) is 6.06. The smallest absolute Gasteiger partial charge is 0.340 e. The van der Waals surface area contributed by atoms with E-state index in [9.17, 15) is 4.79 Å². The third kappa shape index (κ3) is 1.84. The maximum absolute atomic E-state index is 11.0. The minimum Gasteiger partial charge on any atom is -0.478 e. The second kappa shape index (κ2) is 3.20. The number of carboxylic acids is 1. The standard InChI is InChI=1S/C10H14N2O2S/c1-5-7(9(13)14)8(15-12-5)11-6-4-10(6,2)3/h6,11H,4H2,1-3H3,(H,13,14). The summed E-state index contributed by atoms with van der Waals surface area (Å²) in [5, 5.41) is 13.0. The fourth-order valence-electron chi connectivity index (χ4n) is 1.59. The molecule has 1 saturated carbocycles. The van der Waals surface area contributed by atoms with Gasteiger partial charge in [0.2, 0.25) is 0 Å². The summed E-state index contributed by atoms with van der Waals surface area (Å²) >= 11 is 1.23. The van der Waals surface area contributed by atoms with Crippen LogP contribution in [0.2, 0.25) is 0 Å². The lowest BCUT2D eigenvalue weighted by Gasteiger charge is -2.06. The molecule has 15 heavy (non-hydrogen) atoms. The van der Waals surface area contributed by atoms with E-state index in [1.807, 2.05) is 0 Å². The van der Waals surface area contributed by atoms with E-state index >= 15 is 0 Å². The van der Waals surface area contributed by atoms with E-state index < -0.39 is 5.97 Å². The molecule has 1 aromatic heterocycles. The largest absolute Gasteiger partial charge is 0.478 e. The molecule has 5 heteroatoms. The van der Waals surface area contributed by atoms with Crippen LogP contribution < -0.4 is 5.32 Å². The average molecular weight is 226 g/mol. The highest BCUT2D eigenvalue weighted by molar-refractivity contribution is 7.10. The predicted octanol–water partition coefficient (Wildman–Crippen LogP) is 2.36. The van der Waals surface area contributed by atoms with Gasteiger partial charge in [-0.1, -0.05) is 13.8 Å². The molecular weight excluding hydrogens is 212 g/mol. The van der Waals surface area contributed by atoms with Crippen LogP contribution in [0, 0.1) is 12.3 Å². The Balaban J connectivity index is 2.19. The molecule has 4 nitrogen and oxygen atoms in total. The normalized spacial score (nSPS) is 22.5. The first-order chi connectivity index (χ1) is 6.92. The number of aromatic nitrogens is 1. The minimum atomic E-state index is -0.901. The summed E-state index contributed by atoms with van der Waals surface area (Å²) in [7, 11) is 0. The van der Waals surface area contributed by atoms with Gasteiger partial charge in [0, 0.05) is 6.04 Å². The summed E-state index contributed by atoms with van der Waals surface area (Å²) in [5.41, 5.74) is 1.20. The lowest BCUT2D eigenvalue weighted by atomic mass is 10.2. The molecule has 1 aliphatic rings. The molecule has 0 bridgehead atoms. The number of aryl methyl sites for hydroxylation is 1. The van der Waals surface area contributed by atoms with Crippen LogP contribution in [0.3, 0.4) is 0 Å². The van der Waals surface area contributed by atoms with Crippen molar-refractivity contribution in [2.24, 2.45) is 5.41 Å². The van der Waals surface area contributed by atoms with Crippen molar-refractivity contribution in [1.29, 1.82) is 0 Å². The highest BCUT2D eigenvalue weighted by Gasteiger charge is 2.46. The van der Waals surface area contributed by atoms with Crippen molar-refractivity contribution in [2.75, 3.05) is 5.32 Å². The number of nitrogens with one attached hydrogen (secondary N) is 1. The summed E-state index contributed by atoms with van der Waals surface area (Å²) in [4.78, 5) is 11.0. The molecule has 1 fully saturated rings. The van der Waals surface area contributed by atoms with Gasteiger partial charge in [0.05, 0.1) is 5.69 Å². The van der Waals surface area contributed by atoms with Crippen molar-refractivity contribution < 1.29 is 9.90 Å². The number of anilines is 1. The summed E-state index contributed by atoms with van der Waals surface area (Å²) < 4.78 is 4.06. The van der Waals surface area contributed by atoms with E-state index in [4.69, 9.17) is 5.11 Å². The van der Waals surface area contributed by atoms with Crippen molar-refractivity contribution in [3.05, 3.63) is 11.3 Å². The molecule has 1 aliphatic carbocycles. The van der Waals surface area contributed by atoms with Gasteiger partial charge in [-0.3, -0.25) is 0 Å². The Morgan fingerprint density at radius 1 is 1.67 bits per heavy atom. The number of rotatable bonds is 3. The molecule has 1 aromatic rings. The van der Waals surface area contributed by atoms with Crippen LogP contribution in [-0.4, -0.2) is 21.5 Å². The summed E-state index contributed by atoms with van der Waals surface area (Å²) in [5.74, 6) is -0.901. The maximum atomic E-state index is 11.0. The van der Waals surface area contributed by atoms with Crippen molar-refractivity contribution in [3.63, 3.8) is 0 Å². The first kappa shape index (κ1) is 10.4. The van der Waals surface area contributed by atoms with Gasteiger partial charge >= 0.3 is 5.97 Å². The molecule has 0 spiro atoms. The summed E-state index contributed by atoms with van der Waals surface area (Å²) in [6, 6.07) is 0.385. The Morgan fingerprint density at radius 2 is 2.27 bits per heavy atom. The van der Waals surface area contributed by atoms with Crippen molar-refractivity contribution >= 4 is 22.5 Å². The third-order valence-electron chi connectivity index (χ3n) is 2.90. The maximum Gasteiger partial charge on any atom is 0.340 e. The van der Waals surface area contributed by atoms with Crippen molar-refractivity contribution in [3.8, 4) is 0 Å². The van der Waals surface area contributed by atoms with Gasteiger partial charge in [0.25, 0.3) is 0 Å². The van der Waals surface area contributed by atoms with E-state index in [-0.39, 0.29) is 5.41 Å².